The first-order chi connectivity index (χ1) is 15.2. The second-order valence-electron chi connectivity index (χ2n) is 9.00. The Hall–Kier alpha value is -3.40. The SMILES string of the molecule is CC(C)C1=C(CCC2=C(C(C)C)C(=O)c3ccccc3C2=O)C(=O)c2ccccc2C1=O. The Balaban J connectivity index is 1.77. The lowest BCUT2D eigenvalue weighted by Gasteiger charge is -2.26. The number of benzene rings is 2. The van der Waals surface area contributed by atoms with Crippen LogP contribution in [0.5, 0.6) is 0 Å². The van der Waals surface area contributed by atoms with Gasteiger partial charge in [-0.15, -0.1) is 0 Å². The molecule has 0 radical (unpaired) electrons. The minimum Gasteiger partial charge on any atom is -0.289 e. The highest BCUT2D eigenvalue weighted by molar-refractivity contribution is 6.28. The molecule has 4 rings (SSSR count). The van der Waals surface area contributed by atoms with Gasteiger partial charge < -0.3 is 0 Å². The van der Waals surface area contributed by atoms with E-state index < -0.39 is 0 Å². The van der Waals surface area contributed by atoms with E-state index in [9.17, 15) is 19.2 Å². The van der Waals surface area contributed by atoms with E-state index in [1.54, 1.807) is 48.5 Å². The Morgan fingerprint density at radius 3 is 1.06 bits per heavy atom. The van der Waals surface area contributed by atoms with Crippen LogP contribution in [0.1, 0.15) is 82.0 Å². The minimum absolute atomic E-state index is 0.125. The summed E-state index contributed by atoms with van der Waals surface area (Å²) in [5.41, 5.74) is 3.62. The number of hydrogen-bond donors (Lipinski definition) is 0. The molecule has 162 valence electrons. The van der Waals surface area contributed by atoms with E-state index in [4.69, 9.17) is 0 Å². The van der Waals surface area contributed by atoms with E-state index in [0.29, 0.717) is 44.5 Å². The van der Waals surface area contributed by atoms with Gasteiger partial charge in [-0.2, -0.15) is 0 Å². The van der Waals surface area contributed by atoms with Crippen molar-refractivity contribution < 1.29 is 19.2 Å². The van der Waals surface area contributed by atoms with Gasteiger partial charge in [-0.3, -0.25) is 19.2 Å². The second kappa shape index (κ2) is 8.27. The van der Waals surface area contributed by atoms with Crippen molar-refractivity contribution in [2.24, 2.45) is 11.8 Å². The van der Waals surface area contributed by atoms with Crippen LogP contribution in [0.15, 0.2) is 70.8 Å². The molecule has 0 unspecified atom stereocenters. The molecule has 0 atom stereocenters. The third kappa shape index (κ3) is 3.40. The molecule has 0 saturated heterocycles. The van der Waals surface area contributed by atoms with Crippen LogP contribution in [0, 0.1) is 11.8 Å². The van der Waals surface area contributed by atoms with Crippen molar-refractivity contribution in [3.8, 4) is 0 Å². The maximum atomic E-state index is 13.3. The van der Waals surface area contributed by atoms with Crippen molar-refractivity contribution >= 4 is 23.1 Å². The molecule has 0 bridgehead atoms. The Morgan fingerprint density at radius 2 is 0.781 bits per heavy atom. The molecular formula is C28H26O4. The van der Waals surface area contributed by atoms with Crippen LogP contribution in [-0.2, 0) is 0 Å². The summed E-state index contributed by atoms with van der Waals surface area (Å²) in [6.07, 6.45) is 0.498. The molecule has 4 heteroatoms. The van der Waals surface area contributed by atoms with Gasteiger partial charge in [-0.1, -0.05) is 76.2 Å². The topological polar surface area (TPSA) is 68.3 Å². The summed E-state index contributed by atoms with van der Waals surface area (Å²) < 4.78 is 0. The maximum Gasteiger partial charge on any atom is 0.190 e. The number of carbonyl (C=O) groups is 4. The van der Waals surface area contributed by atoms with Gasteiger partial charge in [0.15, 0.2) is 23.1 Å². The zero-order valence-corrected chi connectivity index (χ0v) is 18.8. The summed E-state index contributed by atoms with van der Waals surface area (Å²) in [5, 5.41) is 0. The molecule has 0 saturated carbocycles. The molecule has 2 aliphatic carbocycles. The van der Waals surface area contributed by atoms with Crippen molar-refractivity contribution in [2.75, 3.05) is 0 Å². The number of ketones is 4. The predicted octanol–water partition coefficient (Wildman–Crippen LogP) is 5.83. The average molecular weight is 427 g/mol. The summed E-state index contributed by atoms with van der Waals surface area (Å²) in [6.45, 7) is 7.61. The Morgan fingerprint density at radius 1 is 0.500 bits per heavy atom. The third-order valence-electron chi connectivity index (χ3n) is 6.30. The lowest BCUT2D eigenvalue weighted by molar-refractivity contribution is 0.0958. The van der Waals surface area contributed by atoms with Crippen LogP contribution in [0.3, 0.4) is 0 Å². The zero-order valence-electron chi connectivity index (χ0n) is 18.8. The highest BCUT2D eigenvalue weighted by Gasteiger charge is 2.36. The summed E-state index contributed by atoms with van der Waals surface area (Å²) in [5.74, 6) is -0.828. The van der Waals surface area contributed by atoms with Gasteiger partial charge >= 0.3 is 0 Å². The van der Waals surface area contributed by atoms with Crippen molar-refractivity contribution in [3.05, 3.63) is 93.1 Å². The lowest BCUT2D eigenvalue weighted by atomic mass is 9.75. The van der Waals surface area contributed by atoms with Crippen LogP contribution < -0.4 is 0 Å². The quantitative estimate of drug-likeness (QED) is 0.603. The van der Waals surface area contributed by atoms with Crippen LogP contribution in [0.4, 0.5) is 0 Å². The Labute approximate surface area is 188 Å². The molecule has 2 aliphatic rings. The number of Topliss-reactive ketones (excluding diaryl/α,β-unsaturated/α-hetero) is 4. The highest BCUT2D eigenvalue weighted by atomic mass is 16.1. The van der Waals surface area contributed by atoms with E-state index in [1.807, 2.05) is 27.7 Å². The van der Waals surface area contributed by atoms with Gasteiger partial charge in [-0.05, 0) is 24.7 Å². The van der Waals surface area contributed by atoms with E-state index in [0.717, 1.165) is 0 Å². The average Bonchev–Trinajstić information content (AvgIpc) is 2.77. The first-order valence-corrected chi connectivity index (χ1v) is 11.1. The van der Waals surface area contributed by atoms with E-state index in [2.05, 4.69) is 0 Å². The number of rotatable bonds is 5. The van der Waals surface area contributed by atoms with Crippen LogP contribution >= 0.6 is 0 Å². The fourth-order valence-corrected chi connectivity index (χ4v) is 4.86. The second-order valence-corrected chi connectivity index (χ2v) is 9.00. The highest BCUT2D eigenvalue weighted by Crippen LogP contribution is 2.37. The normalized spacial score (nSPS) is 16.3. The van der Waals surface area contributed by atoms with E-state index in [-0.39, 0.29) is 47.8 Å². The van der Waals surface area contributed by atoms with Crippen LogP contribution in [0.2, 0.25) is 0 Å². The number of allylic oxidation sites excluding steroid dienone is 4. The van der Waals surface area contributed by atoms with Crippen molar-refractivity contribution in [3.63, 3.8) is 0 Å². The maximum absolute atomic E-state index is 13.3. The molecule has 0 heterocycles. The fraction of sp³-hybridized carbons (Fsp3) is 0.286. The van der Waals surface area contributed by atoms with Crippen molar-refractivity contribution in [2.45, 2.75) is 40.5 Å². The van der Waals surface area contributed by atoms with Gasteiger partial charge in [0.1, 0.15) is 0 Å². The van der Waals surface area contributed by atoms with Crippen LogP contribution in [-0.4, -0.2) is 23.1 Å². The molecule has 0 N–H and O–H groups in total. The molecule has 0 fully saturated rings. The monoisotopic (exact) mass is 426 g/mol. The molecule has 4 nitrogen and oxygen atoms in total. The molecule has 2 aromatic rings. The summed E-state index contributed by atoms with van der Waals surface area (Å²) in [7, 11) is 0. The minimum atomic E-state index is -0.161. The molecule has 0 aliphatic heterocycles. The smallest absolute Gasteiger partial charge is 0.190 e. The number of fused-ring (bicyclic) bond motifs is 2. The molecule has 32 heavy (non-hydrogen) atoms. The Bertz CT molecular complexity index is 1140. The standard InChI is InChI=1S/C28H26O4/c1-15(2)23-21(25(29)17-9-5-7-11-19(17)27(23)31)13-14-22-24(16(3)4)28(32)20-12-8-6-10-18(20)26(22)30/h5-12,15-16H,13-14H2,1-4H3. The lowest BCUT2D eigenvalue weighted by Crippen LogP contribution is -2.27. The van der Waals surface area contributed by atoms with Gasteiger partial charge in [0.2, 0.25) is 0 Å². The van der Waals surface area contributed by atoms with Gasteiger partial charge in [0, 0.05) is 44.5 Å². The van der Waals surface area contributed by atoms with Gasteiger partial charge in [0.05, 0.1) is 0 Å². The van der Waals surface area contributed by atoms with Gasteiger partial charge in [-0.25, -0.2) is 0 Å². The first kappa shape index (κ1) is 21.8. The summed E-state index contributed by atoms with van der Waals surface area (Å²) in [4.78, 5) is 53.0. The number of carbonyl (C=O) groups excluding carboxylic acids is 4. The zero-order chi connectivity index (χ0) is 23.2. The fourth-order valence-electron chi connectivity index (χ4n) is 4.86. The van der Waals surface area contributed by atoms with E-state index >= 15 is 0 Å². The summed E-state index contributed by atoms with van der Waals surface area (Å²) in [6, 6.07) is 13.8. The number of hydrogen-bond acceptors (Lipinski definition) is 4. The summed E-state index contributed by atoms with van der Waals surface area (Å²) >= 11 is 0. The molecular weight excluding hydrogens is 400 g/mol. The largest absolute Gasteiger partial charge is 0.289 e. The predicted molar refractivity (Wildman–Crippen MR) is 123 cm³/mol. The third-order valence-corrected chi connectivity index (χ3v) is 6.30. The van der Waals surface area contributed by atoms with Crippen LogP contribution in [0.25, 0.3) is 0 Å². The van der Waals surface area contributed by atoms with Gasteiger partial charge in [0.25, 0.3) is 0 Å². The Kier molecular flexibility index (Phi) is 5.64. The van der Waals surface area contributed by atoms with Crippen molar-refractivity contribution in [1.82, 2.24) is 0 Å². The molecule has 2 aromatic carbocycles. The first-order valence-electron chi connectivity index (χ1n) is 11.1. The molecule has 0 spiro atoms. The van der Waals surface area contributed by atoms with E-state index in [1.165, 1.54) is 0 Å². The molecule has 0 amide bonds. The molecule has 0 aromatic heterocycles. The van der Waals surface area contributed by atoms with Crippen molar-refractivity contribution in [1.29, 1.82) is 0 Å².